The Morgan fingerprint density at radius 2 is 1.77 bits per heavy atom. The monoisotopic (exact) mass is 322 g/mol. The predicted octanol–water partition coefficient (Wildman–Crippen LogP) is 2.65. The highest BCUT2D eigenvalue weighted by Gasteiger charge is 2.39. The standard InChI is InChI=1S/C16H22N2O3S/c1-11-5-7-13(8-6-11)22(20,21)18-17-14-9-12(2)10-15(19)16(14,3)4/h5-8,12,18H,9-10H2,1-4H3/b17-14-. The summed E-state index contributed by atoms with van der Waals surface area (Å²) in [6.07, 6.45) is 1.13. The normalized spacial score (nSPS) is 23.5. The summed E-state index contributed by atoms with van der Waals surface area (Å²) < 4.78 is 24.5. The number of benzene rings is 1. The summed E-state index contributed by atoms with van der Waals surface area (Å²) in [5, 5.41) is 4.07. The number of hydrogen-bond acceptors (Lipinski definition) is 4. The number of ketones is 1. The van der Waals surface area contributed by atoms with Crippen molar-refractivity contribution in [1.82, 2.24) is 4.83 Å². The first-order chi connectivity index (χ1) is 10.1. The molecule has 1 aromatic carbocycles. The Morgan fingerprint density at radius 3 is 2.36 bits per heavy atom. The Kier molecular flexibility index (Phi) is 4.42. The molecule has 0 heterocycles. The predicted molar refractivity (Wildman–Crippen MR) is 86.1 cm³/mol. The first-order valence-electron chi connectivity index (χ1n) is 7.32. The van der Waals surface area contributed by atoms with Crippen LogP contribution in [0.25, 0.3) is 0 Å². The molecule has 0 radical (unpaired) electrons. The zero-order valence-corrected chi connectivity index (χ0v) is 14.2. The summed E-state index contributed by atoms with van der Waals surface area (Å²) in [5.41, 5.74) is 0.854. The molecule has 0 spiro atoms. The molecule has 6 heteroatoms. The highest BCUT2D eigenvalue weighted by atomic mass is 32.2. The summed E-state index contributed by atoms with van der Waals surface area (Å²) in [7, 11) is -3.71. The van der Waals surface area contributed by atoms with Gasteiger partial charge in [-0.2, -0.15) is 13.5 Å². The number of nitrogens with zero attached hydrogens (tertiary/aromatic N) is 1. The minimum absolute atomic E-state index is 0.0968. The molecular formula is C16H22N2O3S. The van der Waals surface area contributed by atoms with Crippen molar-refractivity contribution in [2.24, 2.45) is 16.4 Å². The average molecular weight is 322 g/mol. The molecule has 2 rings (SSSR count). The van der Waals surface area contributed by atoms with E-state index in [1.54, 1.807) is 26.0 Å². The third-order valence-electron chi connectivity index (χ3n) is 4.13. The van der Waals surface area contributed by atoms with Gasteiger partial charge in [0.2, 0.25) is 0 Å². The Hall–Kier alpha value is -1.69. The second-order valence-corrected chi connectivity index (χ2v) is 8.19. The van der Waals surface area contributed by atoms with Crippen molar-refractivity contribution in [2.75, 3.05) is 0 Å². The molecule has 0 bridgehead atoms. The van der Waals surface area contributed by atoms with Gasteiger partial charge in [-0.05, 0) is 45.2 Å². The van der Waals surface area contributed by atoms with Gasteiger partial charge in [0.05, 0.1) is 16.0 Å². The van der Waals surface area contributed by atoms with E-state index in [0.717, 1.165) is 5.56 Å². The number of carbonyl (C=O) groups excluding carboxylic acids is 1. The second kappa shape index (κ2) is 5.83. The van der Waals surface area contributed by atoms with Gasteiger partial charge in [-0.25, -0.2) is 4.83 Å². The van der Waals surface area contributed by atoms with Crippen molar-refractivity contribution in [3.8, 4) is 0 Å². The fraction of sp³-hybridized carbons (Fsp3) is 0.500. The minimum atomic E-state index is -3.71. The van der Waals surface area contributed by atoms with Crippen molar-refractivity contribution in [2.45, 2.75) is 45.4 Å². The number of hydrazone groups is 1. The van der Waals surface area contributed by atoms with E-state index >= 15 is 0 Å². The zero-order chi connectivity index (χ0) is 16.5. The third kappa shape index (κ3) is 3.38. The highest BCUT2D eigenvalue weighted by molar-refractivity contribution is 7.89. The largest absolute Gasteiger partial charge is 0.299 e. The van der Waals surface area contributed by atoms with Crippen LogP contribution in [0.5, 0.6) is 0 Å². The average Bonchev–Trinajstić information content (AvgIpc) is 2.42. The molecular weight excluding hydrogens is 300 g/mol. The lowest BCUT2D eigenvalue weighted by Crippen LogP contribution is -2.41. The fourth-order valence-electron chi connectivity index (χ4n) is 2.46. The molecule has 0 amide bonds. The van der Waals surface area contributed by atoms with Crippen LogP contribution >= 0.6 is 0 Å². The maximum atomic E-state index is 12.3. The number of nitrogens with one attached hydrogen (secondary N) is 1. The van der Waals surface area contributed by atoms with E-state index in [2.05, 4.69) is 9.93 Å². The smallest absolute Gasteiger partial charge is 0.276 e. The van der Waals surface area contributed by atoms with Gasteiger partial charge in [0.1, 0.15) is 5.78 Å². The van der Waals surface area contributed by atoms with Crippen LogP contribution in [0.2, 0.25) is 0 Å². The van der Waals surface area contributed by atoms with Gasteiger partial charge in [0, 0.05) is 6.42 Å². The molecule has 0 aromatic heterocycles. The van der Waals surface area contributed by atoms with Gasteiger partial charge >= 0.3 is 0 Å². The minimum Gasteiger partial charge on any atom is -0.299 e. The van der Waals surface area contributed by atoms with Gasteiger partial charge in [0.15, 0.2) is 0 Å². The summed E-state index contributed by atoms with van der Waals surface area (Å²) in [5.74, 6) is 0.280. The van der Waals surface area contributed by atoms with Crippen molar-refractivity contribution < 1.29 is 13.2 Å². The van der Waals surface area contributed by atoms with Crippen LogP contribution in [-0.2, 0) is 14.8 Å². The number of rotatable bonds is 3. The molecule has 1 aliphatic carbocycles. The number of Topliss-reactive ketones (excluding diaryl/α,β-unsaturated/α-hetero) is 1. The Labute approximate surface area is 131 Å². The van der Waals surface area contributed by atoms with Crippen LogP contribution in [0.15, 0.2) is 34.3 Å². The number of sulfonamides is 1. The molecule has 1 unspecified atom stereocenters. The maximum Gasteiger partial charge on any atom is 0.276 e. The molecule has 5 nitrogen and oxygen atoms in total. The molecule has 1 atom stereocenters. The van der Waals surface area contributed by atoms with Gasteiger partial charge in [0.25, 0.3) is 10.0 Å². The van der Waals surface area contributed by atoms with E-state index < -0.39 is 15.4 Å². The molecule has 120 valence electrons. The highest BCUT2D eigenvalue weighted by Crippen LogP contribution is 2.33. The van der Waals surface area contributed by atoms with Crippen LogP contribution in [-0.4, -0.2) is 19.9 Å². The Balaban J connectivity index is 2.26. The van der Waals surface area contributed by atoms with Crippen LogP contribution in [0, 0.1) is 18.3 Å². The molecule has 22 heavy (non-hydrogen) atoms. The van der Waals surface area contributed by atoms with Gasteiger partial charge < -0.3 is 0 Å². The van der Waals surface area contributed by atoms with Crippen LogP contribution in [0.3, 0.4) is 0 Å². The quantitative estimate of drug-likeness (QED) is 0.869. The van der Waals surface area contributed by atoms with Crippen molar-refractivity contribution in [3.63, 3.8) is 0 Å². The van der Waals surface area contributed by atoms with Crippen LogP contribution < -0.4 is 4.83 Å². The lowest BCUT2D eigenvalue weighted by molar-refractivity contribution is -0.125. The first kappa shape index (κ1) is 16.7. The van der Waals surface area contributed by atoms with Gasteiger partial charge in [-0.1, -0.05) is 24.6 Å². The van der Waals surface area contributed by atoms with Crippen molar-refractivity contribution >= 4 is 21.5 Å². The van der Waals surface area contributed by atoms with Crippen LogP contribution in [0.4, 0.5) is 0 Å². The second-order valence-electron chi connectivity index (χ2n) is 6.53. The Bertz CT molecular complexity index is 703. The fourth-order valence-corrected chi connectivity index (χ4v) is 3.29. The summed E-state index contributed by atoms with van der Waals surface area (Å²) >= 11 is 0. The number of aryl methyl sites for hydroxylation is 1. The van der Waals surface area contributed by atoms with E-state index in [1.165, 1.54) is 12.1 Å². The zero-order valence-electron chi connectivity index (χ0n) is 13.4. The lowest BCUT2D eigenvalue weighted by Gasteiger charge is -2.32. The summed E-state index contributed by atoms with van der Waals surface area (Å²) in [4.78, 5) is 14.5. The van der Waals surface area contributed by atoms with E-state index in [4.69, 9.17) is 0 Å². The molecule has 0 aliphatic heterocycles. The number of carbonyl (C=O) groups is 1. The van der Waals surface area contributed by atoms with E-state index in [-0.39, 0.29) is 16.6 Å². The maximum absolute atomic E-state index is 12.3. The first-order valence-corrected chi connectivity index (χ1v) is 8.80. The Morgan fingerprint density at radius 1 is 1.18 bits per heavy atom. The molecule has 0 saturated heterocycles. The van der Waals surface area contributed by atoms with Gasteiger partial charge in [-0.3, -0.25) is 4.79 Å². The number of hydrogen-bond donors (Lipinski definition) is 1. The van der Waals surface area contributed by atoms with E-state index in [0.29, 0.717) is 18.6 Å². The van der Waals surface area contributed by atoms with Gasteiger partial charge in [-0.15, -0.1) is 0 Å². The molecule has 1 aliphatic rings. The van der Waals surface area contributed by atoms with Crippen molar-refractivity contribution in [1.29, 1.82) is 0 Å². The van der Waals surface area contributed by atoms with Crippen LogP contribution in [0.1, 0.15) is 39.2 Å². The summed E-state index contributed by atoms with van der Waals surface area (Å²) in [6.45, 7) is 7.44. The molecule has 1 N–H and O–H groups in total. The van der Waals surface area contributed by atoms with E-state index in [9.17, 15) is 13.2 Å². The third-order valence-corrected chi connectivity index (χ3v) is 5.35. The van der Waals surface area contributed by atoms with Crippen molar-refractivity contribution in [3.05, 3.63) is 29.8 Å². The SMILES string of the molecule is Cc1ccc(S(=O)(=O)N/N=C2/CC(C)CC(=O)C2(C)C)cc1. The molecule has 1 saturated carbocycles. The van der Waals surface area contributed by atoms with E-state index in [1.807, 2.05) is 13.8 Å². The lowest BCUT2D eigenvalue weighted by atomic mass is 9.71. The molecule has 1 aromatic rings. The topological polar surface area (TPSA) is 75.6 Å². The summed E-state index contributed by atoms with van der Waals surface area (Å²) in [6, 6.07) is 6.55. The molecule has 1 fully saturated rings.